The van der Waals surface area contributed by atoms with E-state index in [4.69, 9.17) is 0 Å². The van der Waals surface area contributed by atoms with Crippen molar-refractivity contribution in [1.82, 2.24) is 0 Å². The summed E-state index contributed by atoms with van der Waals surface area (Å²) in [5, 5.41) is 10.2. The Balaban J connectivity index is 2.56. The van der Waals surface area contributed by atoms with E-state index >= 15 is 0 Å². The van der Waals surface area contributed by atoms with Crippen molar-refractivity contribution < 1.29 is 5.11 Å². The molecule has 0 bridgehead atoms. The lowest BCUT2D eigenvalue weighted by molar-refractivity contribution is 0.0493. The summed E-state index contributed by atoms with van der Waals surface area (Å²) in [5.41, 5.74) is -0.452. The predicted octanol–water partition coefficient (Wildman–Crippen LogP) is 1.82. The van der Waals surface area contributed by atoms with Gasteiger partial charge in [0.25, 0.3) is 0 Å². The summed E-state index contributed by atoms with van der Waals surface area (Å²) in [5.74, 6) is 1.09. The minimum absolute atomic E-state index is 0.380. The van der Waals surface area contributed by atoms with Crippen molar-refractivity contribution in [2.75, 3.05) is 5.75 Å². The molecule has 1 rings (SSSR count). The van der Waals surface area contributed by atoms with Gasteiger partial charge in [-0.15, -0.1) is 6.58 Å². The summed E-state index contributed by atoms with van der Waals surface area (Å²) in [4.78, 5) is 0. The largest absolute Gasteiger partial charge is 0.388 e. The molecule has 0 aromatic rings. The molecule has 58 valence electrons. The molecule has 1 heterocycles. The van der Waals surface area contributed by atoms with Crippen LogP contribution in [-0.2, 0) is 0 Å². The lowest BCUT2D eigenvalue weighted by Crippen LogP contribution is -2.33. The summed E-state index contributed by atoms with van der Waals surface area (Å²) in [7, 11) is 0. The van der Waals surface area contributed by atoms with Gasteiger partial charge in [-0.25, -0.2) is 0 Å². The summed E-state index contributed by atoms with van der Waals surface area (Å²) >= 11 is 1.85. The molecule has 1 nitrogen and oxygen atoms in total. The van der Waals surface area contributed by atoms with Crippen molar-refractivity contribution in [2.45, 2.75) is 30.6 Å². The third-order valence-electron chi connectivity index (χ3n) is 2.16. The Bertz CT molecular complexity index is 135. The van der Waals surface area contributed by atoms with E-state index < -0.39 is 5.60 Å². The molecule has 0 aromatic heterocycles. The predicted molar refractivity (Wildman–Crippen MR) is 46.3 cm³/mol. The van der Waals surface area contributed by atoms with Crippen molar-refractivity contribution >= 4 is 11.8 Å². The second-order valence-electron chi connectivity index (χ2n) is 2.86. The van der Waals surface area contributed by atoms with Gasteiger partial charge in [0.2, 0.25) is 0 Å². The summed E-state index contributed by atoms with van der Waals surface area (Å²) in [6.07, 6.45) is 3.47. The number of aliphatic hydroxyl groups is 1. The first kappa shape index (κ1) is 8.15. The highest BCUT2D eigenvalue weighted by Gasteiger charge is 2.37. The van der Waals surface area contributed by atoms with Gasteiger partial charge in [0, 0.05) is 5.25 Å². The average molecular weight is 158 g/mol. The molecule has 0 saturated carbocycles. The molecule has 1 aliphatic heterocycles. The normalized spacial score (nSPS) is 40.0. The third kappa shape index (κ3) is 1.38. The number of hydrogen-bond acceptors (Lipinski definition) is 2. The van der Waals surface area contributed by atoms with E-state index in [1.807, 2.05) is 17.8 Å². The second kappa shape index (κ2) is 2.97. The Kier molecular flexibility index (Phi) is 2.42. The van der Waals surface area contributed by atoms with Crippen LogP contribution in [-0.4, -0.2) is 21.7 Å². The molecule has 0 aromatic carbocycles. The van der Waals surface area contributed by atoms with Gasteiger partial charge in [-0.1, -0.05) is 13.0 Å². The number of thioether (sulfide) groups is 1. The molecular weight excluding hydrogens is 144 g/mol. The maximum absolute atomic E-state index is 9.87. The van der Waals surface area contributed by atoms with Crippen molar-refractivity contribution in [3.05, 3.63) is 12.7 Å². The van der Waals surface area contributed by atoms with Crippen LogP contribution in [0.25, 0.3) is 0 Å². The van der Waals surface area contributed by atoms with Gasteiger partial charge in [-0.3, -0.25) is 0 Å². The standard InChI is InChI=1S/C8H14OS/c1-3-4-8(9)5-6-10-7(8)2/h3,7,9H,1,4-6H2,2H3. The van der Waals surface area contributed by atoms with Gasteiger partial charge in [0.15, 0.2) is 0 Å². The average Bonchev–Trinajstić information content (AvgIpc) is 2.15. The Morgan fingerprint density at radius 1 is 1.90 bits per heavy atom. The van der Waals surface area contributed by atoms with Gasteiger partial charge >= 0.3 is 0 Å². The van der Waals surface area contributed by atoms with Crippen molar-refractivity contribution in [3.63, 3.8) is 0 Å². The van der Waals surface area contributed by atoms with Gasteiger partial charge in [-0.2, -0.15) is 11.8 Å². The van der Waals surface area contributed by atoms with E-state index in [9.17, 15) is 5.11 Å². The molecule has 2 unspecified atom stereocenters. The van der Waals surface area contributed by atoms with Crippen LogP contribution in [0.3, 0.4) is 0 Å². The molecule has 1 aliphatic rings. The summed E-state index contributed by atoms with van der Waals surface area (Å²) in [6, 6.07) is 0. The SMILES string of the molecule is C=CCC1(O)CCSC1C. The van der Waals surface area contributed by atoms with E-state index in [0.717, 1.165) is 18.6 Å². The first-order valence-corrected chi connectivity index (χ1v) is 4.69. The molecule has 0 spiro atoms. The zero-order valence-electron chi connectivity index (χ0n) is 6.34. The quantitative estimate of drug-likeness (QED) is 0.619. The van der Waals surface area contributed by atoms with E-state index in [1.54, 1.807) is 0 Å². The molecule has 10 heavy (non-hydrogen) atoms. The lowest BCUT2D eigenvalue weighted by Gasteiger charge is -2.24. The molecule has 1 fully saturated rings. The van der Waals surface area contributed by atoms with Crippen LogP contribution in [0.15, 0.2) is 12.7 Å². The third-order valence-corrected chi connectivity index (χ3v) is 3.54. The van der Waals surface area contributed by atoms with Crippen LogP contribution in [0, 0.1) is 0 Å². The van der Waals surface area contributed by atoms with Crippen LogP contribution >= 0.6 is 11.8 Å². The first-order chi connectivity index (χ1) is 4.69. The Morgan fingerprint density at radius 2 is 2.60 bits per heavy atom. The van der Waals surface area contributed by atoms with Crippen LogP contribution in [0.1, 0.15) is 19.8 Å². The minimum Gasteiger partial charge on any atom is -0.388 e. The van der Waals surface area contributed by atoms with Crippen molar-refractivity contribution in [1.29, 1.82) is 0 Å². The maximum atomic E-state index is 9.87. The minimum atomic E-state index is -0.452. The highest BCUT2D eigenvalue weighted by molar-refractivity contribution is 8.00. The molecule has 2 heteroatoms. The fourth-order valence-electron chi connectivity index (χ4n) is 1.29. The Labute approximate surface area is 66.5 Å². The zero-order valence-corrected chi connectivity index (χ0v) is 7.16. The van der Waals surface area contributed by atoms with Crippen LogP contribution in [0.4, 0.5) is 0 Å². The van der Waals surface area contributed by atoms with Gasteiger partial charge in [0.1, 0.15) is 0 Å². The summed E-state index contributed by atoms with van der Waals surface area (Å²) in [6.45, 7) is 5.72. The van der Waals surface area contributed by atoms with Crippen LogP contribution in [0.2, 0.25) is 0 Å². The number of rotatable bonds is 2. The van der Waals surface area contributed by atoms with Crippen molar-refractivity contribution in [3.8, 4) is 0 Å². The molecule has 1 N–H and O–H groups in total. The van der Waals surface area contributed by atoms with Crippen LogP contribution < -0.4 is 0 Å². The van der Waals surface area contributed by atoms with E-state index in [0.29, 0.717) is 5.25 Å². The lowest BCUT2D eigenvalue weighted by atomic mass is 9.94. The van der Waals surface area contributed by atoms with Gasteiger partial charge in [-0.05, 0) is 18.6 Å². The highest BCUT2D eigenvalue weighted by atomic mass is 32.2. The fraction of sp³-hybridized carbons (Fsp3) is 0.750. The Morgan fingerprint density at radius 3 is 3.00 bits per heavy atom. The molecule has 1 saturated heterocycles. The van der Waals surface area contributed by atoms with Crippen LogP contribution in [0.5, 0.6) is 0 Å². The Hall–Kier alpha value is 0.0500. The van der Waals surface area contributed by atoms with E-state index in [2.05, 4.69) is 13.5 Å². The fourth-order valence-corrected chi connectivity index (χ4v) is 2.64. The zero-order chi connectivity index (χ0) is 7.61. The monoisotopic (exact) mass is 158 g/mol. The second-order valence-corrected chi connectivity index (χ2v) is 4.31. The number of hydrogen-bond donors (Lipinski definition) is 1. The van der Waals surface area contributed by atoms with E-state index in [1.165, 1.54) is 0 Å². The maximum Gasteiger partial charge on any atom is 0.0805 e. The van der Waals surface area contributed by atoms with E-state index in [-0.39, 0.29) is 0 Å². The molecular formula is C8H14OS. The smallest absolute Gasteiger partial charge is 0.0805 e. The van der Waals surface area contributed by atoms with Gasteiger partial charge < -0.3 is 5.11 Å². The van der Waals surface area contributed by atoms with Gasteiger partial charge in [0.05, 0.1) is 5.60 Å². The molecule has 0 radical (unpaired) electrons. The molecule has 0 aliphatic carbocycles. The first-order valence-electron chi connectivity index (χ1n) is 3.64. The topological polar surface area (TPSA) is 20.2 Å². The highest BCUT2D eigenvalue weighted by Crippen LogP contribution is 2.37. The molecule has 0 amide bonds. The molecule has 2 atom stereocenters. The van der Waals surface area contributed by atoms with Crippen molar-refractivity contribution in [2.24, 2.45) is 0 Å². The summed E-state index contributed by atoms with van der Waals surface area (Å²) < 4.78 is 0.